The average molecular weight is 344 g/mol. The summed E-state index contributed by atoms with van der Waals surface area (Å²) in [6, 6.07) is 12.2. The molecule has 1 aliphatic carbocycles. The van der Waals surface area contributed by atoms with Crippen LogP contribution in [0.25, 0.3) is 0 Å². The lowest BCUT2D eigenvalue weighted by Crippen LogP contribution is -2.39. The zero-order chi connectivity index (χ0) is 17.8. The van der Waals surface area contributed by atoms with E-state index in [0.717, 1.165) is 30.5 Å². The molecule has 1 fully saturated rings. The van der Waals surface area contributed by atoms with Gasteiger partial charge in [-0.2, -0.15) is 0 Å². The van der Waals surface area contributed by atoms with E-state index < -0.39 is 17.5 Å². The first-order valence-corrected chi connectivity index (χ1v) is 8.12. The summed E-state index contributed by atoms with van der Waals surface area (Å²) in [6.07, 6.45) is 2.10. The Balaban J connectivity index is 1.57. The topological polar surface area (TPSA) is 58.2 Å². The molecule has 1 atom stereocenters. The van der Waals surface area contributed by atoms with Gasteiger partial charge in [0.1, 0.15) is 11.6 Å². The zero-order valence-electron chi connectivity index (χ0n) is 13.5. The second kappa shape index (κ2) is 7.42. The van der Waals surface area contributed by atoms with E-state index in [4.69, 9.17) is 0 Å². The van der Waals surface area contributed by atoms with E-state index in [9.17, 15) is 18.4 Å². The third-order valence-corrected chi connectivity index (χ3v) is 4.15. The van der Waals surface area contributed by atoms with Gasteiger partial charge < -0.3 is 10.6 Å². The lowest BCUT2D eigenvalue weighted by Gasteiger charge is -2.19. The van der Waals surface area contributed by atoms with Crippen LogP contribution in [0.15, 0.2) is 48.5 Å². The molecule has 130 valence electrons. The number of benzene rings is 2. The Morgan fingerprint density at radius 3 is 2.44 bits per heavy atom. The van der Waals surface area contributed by atoms with E-state index in [1.165, 1.54) is 0 Å². The van der Waals surface area contributed by atoms with Crippen molar-refractivity contribution in [3.05, 3.63) is 71.3 Å². The van der Waals surface area contributed by atoms with Crippen LogP contribution in [0, 0.1) is 17.6 Å². The minimum atomic E-state index is -0.960. The number of amides is 2. The van der Waals surface area contributed by atoms with Crippen molar-refractivity contribution < 1.29 is 18.4 Å². The first kappa shape index (κ1) is 17.1. The molecule has 2 aromatic carbocycles. The van der Waals surface area contributed by atoms with Crippen molar-refractivity contribution in [2.75, 3.05) is 6.54 Å². The molecule has 2 amide bonds. The number of nitrogens with one attached hydrogen (secondary N) is 2. The van der Waals surface area contributed by atoms with Gasteiger partial charge >= 0.3 is 0 Å². The summed E-state index contributed by atoms with van der Waals surface area (Å²) < 4.78 is 26.4. The van der Waals surface area contributed by atoms with Crippen LogP contribution in [0.2, 0.25) is 0 Å². The Morgan fingerprint density at radius 1 is 1.08 bits per heavy atom. The number of hydrogen-bond donors (Lipinski definition) is 2. The van der Waals surface area contributed by atoms with E-state index in [1.54, 1.807) is 0 Å². The molecule has 0 saturated heterocycles. The highest BCUT2D eigenvalue weighted by molar-refractivity contribution is 5.96. The van der Waals surface area contributed by atoms with Crippen LogP contribution in [0.4, 0.5) is 8.78 Å². The summed E-state index contributed by atoms with van der Waals surface area (Å²) in [5.74, 6) is -2.43. The van der Waals surface area contributed by atoms with E-state index >= 15 is 0 Å². The zero-order valence-corrected chi connectivity index (χ0v) is 13.5. The summed E-state index contributed by atoms with van der Waals surface area (Å²) in [6.45, 7) is -0.272. The number of carbonyl (C=O) groups excluding carboxylic acids is 2. The second-order valence-corrected chi connectivity index (χ2v) is 6.10. The average Bonchev–Trinajstić information content (AvgIpc) is 3.43. The quantitative estimate of drug-likeness (QED) is 0.846. The molecule has 0 aliphatic heterocycles. The second-order valence-electron chi connectivity index (χ2n) is 6.10. The number of rotatable bonds is 6. The molecule has 0 aromatic heterocycles. The maximum Gasteiger partial charge on any atom is 0.254 e. The SMILES string of the molecule is O=C(CNC(=O)c1ccc(F)cc1F)NC(c1ccccc1)C1CC1. The third kappa shape index (κ3) is 4.41. The van der Waals surface area contributed by atoms with E-state index in [2.05, 4.69) is 10.6 Å². The highest BCUT2D eigenvalue weighted by atomic mass is 19.1. The van der Waals surface area contributed by atoms with Crippen molar-refractivity contribution in [1.82, 2.24) is 10.6 Å². The first-order valence-electron chi connectivity index (χ1n) is 8.12. The molecule has 6 heteroatoms. The van der Waals surface area contributed by atoms with Gasteiger partial charge in [-0.15, -0.1) is 0 Å². The van der Waals surface area contributed by atoms with Crippen molar-refractivity contribution in [2.24, 2.45) is 5.92 Å². The fraction of sp³-hybridized carbons (Fsp3) is 0.263. The minimum Gasteiger partial charge on any atom is -0.347 e. The standard InChI is InChI=1S/C19H18F2N2O2/c20-14-8-9-15(16(21)10-14)19(25)22-11-17(24)23-18(13-6-7-13)12-4-2-1-3-5-12/h1-5,8-10,13,18H,6-7,11H2,(H,22,25)(H,23,24). The Bertz CT molecular complexity index is 776. The van der Waals surface area contributed by atoms with Crippen molar-refractivity contribution in [2.45, 2.75) is 18.9 Å². The number of halogens is 2. The van der Waals surface area contributed by atoms with Crippen LogP contribution in [0.5, 0.6) is 0 Å². The van der Waals surface area contributed by atoms with Gasteiger partial charge in [0.25, 0.3) is 5.91 Å². The molecule has 3 rings (SSSR count). The predicted molar refractivity (Wildman–Crippen MR) is 88.7 cm³/mol. The van der Waals surface area contributed by atoms with Crippen molar-refractivity contribution in [3.8, 4) is 0 Å². The molecular weight excluding hydrogens is 326 g/mol. The van der Waals surface area contributed by atoms with Gasteiger partial charge in [0, 0.05) is 6.07 Å². The Hall–Kier alpha value is -2.76. The summed E-state index contributed by atoms with van der Waals surface area (Å²) >= 11 is 0. The van der Waals surface area contributed by atoms with E-state index in [1.807, 2.05) is 30.3 Å². The van der Waals surface area contributed by atoms with Gasteiger partial charge in [0.15, 0.2) is 0 Å². The Labute approximate surface area is 144 Å². The molecule has 0 radical (unpaired) electrons. The van der Waals surface area contributed by atoms with Gasteiger partial charge in [-0.3, -0.25) is 9.59 Å². The molecular formula is C19H18F2N2O2. The van der Waals surface area contributed by atoms with Gasteiger partial charge in [0.05, 0.1) is 18.2 Å². The highest BCUT2D eigenvalue weighted by Gasteiger charge is 2.33. The maximum atomic E-state index is 13.6. The van der Waals surface area contributed by atoms with Crippen LogP contribution >= 0.6 is 0 Å². The first-order chi connectivity index (χ1) is 12.0. The molecule has 4 nitrogen and oxygen atoms in total. The van der Waals surface area contributed by atoms with Crippen LogP contribution in [-0.2, 0) is 4.79 Å². The summed E-state index contributed by atoms with van der Waals surface area (Å²) in [5.41, 5.74) is 0.727. The largest absolute Gasteiger partial charge is 0.347 e. The van der Waals surface area contributed by atoms with Crippen LogP contribution < -0.4 is 10.6 Å². The molecule has 25 heavy (non-hydrogen) atoms. The fourth-order valence-corrected chi connectivity index (χ4v) is 2.72. The Morgan fingerprint density at radius 2 is 1.80 bits per heavy atom. The van der Waals surface area contributed by atoms with E-state index in [-0.39, 0.29) is 24.1 Å². The van der Waals surface area contributed by atoms with Gasteiger partial charge in [-0.1, -0.05) is 30.3 Å². The lowest BCUT2D eigenvalue weighted by molar-refractivity contribution is -0.121. The van der Waals surface area contributed by atoms with Crippen molar-refractivity contribution in [1.29, 1.82) is 0 Å². The summed E-state index contributed by atoms with van der Waals surface area (Å²) in [5, 5.41) is 5.28. The number of carbonyl (C=O) groups is 2. The van der Waals surface area contributed by atoms with Crippen LogP contribution in [0.1, 0.15) is 34.8 Å². The third-order valence-electron chi connectivity index (χ3n) is 4.15. The monoisotopic (exact) mass is 344 g/mol. The van der Waals surface area contributed by atoms with Gasteiger partial charge in [0.2, 0.25) is 5.91 Å². The number of hydrogen-bond acceptors (Lipinski definition) is 2. The van der Waals surface area contributed by atoms with Crippen LogP contribution in [0.3, 0.4) is 0 Å². The summed E-state index contributed by atoms with van der Waals surface area (Å²) in [4.78, 5) is 24.1. The lowest BCUT2D eigenvalue weighted by atomic mass is 10.0. The molecule has 1 aliphatic rings. The Kier molecular flexibility index (Phi) is 5.07. The minimum absolute atomic E-state index is 0.0897. The van der Waals surface area contributed by atoms with Crippen LogP contribution in [-0.4, -0.2) is 18.4 Å². The van der Waals surface area contributed by atoms with Crippen molar-refractivity contribution >= 4 is 11.8 Å². The summed E-state index contributed by atoms with van der Waals surface area (Å²) in [7, 11) is 0. The molecule has 1 unspecified atom stereocenters. The molecule has 0 bridgehead atoms. The van der Waals surface area contributed by atoms with E-state index in [0.29, 0.717) is 12.0 Å². The fourth-order valence-electron chi connectivity index (χ4n) is 2.72. The smallest absolute Gasteiger partial charge is 0.254 e. The van der Waals surface area contributed by atoms with Gasteiger partial charge in [-0.25, -0.2) is 8.78 Å². The molecule has 2 N–H and O–H groups in total. The molecule has 0 spiro atoms. The normalized spacial score (nSPS) is 14.6. The molecule has 0 heterocycles. The van der Waals surface area contributed by atoms with Gasteiger partial charge in [-0.05, 0) is 36.5 Å². The maximum absolute atomic E-state index is 13.6. The highest BCUT2D eigenvalue weighted by Crippen LogP contribution is 2.40. The van der Waals surface area contributed by atoms with Crippen molar-refractivity contribution in [3.63, 3.8) is 0 Å². The molecule has 1 saturated carbocycles. The predicted octanol–water partition coefficient (Wildman–Crippen LogP) is 2.96. The molecule has 2 aromatic rings.